The number of aromatic nitrogens is 2. The van der Waals surface area contributed by atoms with Crippen LogP contribution in [-0.2, 0) is 11.3 Å². The summed E-state index contributed by atoms with van der Waals surface area (Å²) in [7, 11) is 0. The minimum atomic E-state index is -0.527. The molecule has 76 valence electrons. The molecule has 0 spiro atoms. The molecule has 0 saturated carbocycles. The van der Waals surface area contributed by atoms with E-state index in [0.717, 1.165) is 4.68 Å². The molecule has 14 heavy (non-hydrogen) atoms. The highest BCUT2D eigenvalue weighted by molar-refractivity contribution is 6.41. The Hall–Kier alpha value is -1.07. The molecule has 0 aliphatic rings. The maximum Gasteiger partial charge on any atom is 0.287 e. The van der Waals surface area contributed by atoms with Crippen LogP contribution in [0.3, 0.4) is 0 Å². The highest BCUT2D eigenvalue weighted by Gasteiger charge is 2.07. The Labute approximate surface area is 89.4 Å². The third-order valence-corrected chi connectivity index (χ3v) is 2.26. The van der Waals surface area contributed by atoms with Crippen LogP contribution in [0.15, 0.2) is 11.0 Å². The third-order valence-electron chi connectivity index (χ3n) is 1.51. The summed E-state index contributed by atoms with van der Waals surface area (Å²) in [6.07, 6.45) is 1.27. The normalized spacial score (nSPS) is 10.1. The maximum atomic E-state index is 11.3. The molecule has 0 aliphatic carbocycles. The molecular formula is C7H7Cl2N3O2. The summed E-state index contributed by atoms with van der Waals surface area (Å²) in [5, 5.41) is 3.67. The summed E-state index contributed by atoms with van der Waals surface area (Å²) in [6.45, 7) is 0.102. The minimum absolute atomic E-state index is 0.0326. The van der Waals surface area contributed by atoms with Crippen molar-refractivity contribution in [2.24, 2.45) is 5.73 Å². The molecule has 1 heterocycles. The lowest BCUT2D eigenvalue weighted by atomic mass is 10.4. The number of primary amides is 1. The SMILES string of the molecule is NC(=O)CCn1ncc(Cl)c(Cl)c1=O. The van der Waals surface area contributed by atoms with Gasteiger partial charge in [0.1, 0.15) is 5.02 Å². The van der Waals surface area contributed by atoms with Gasteiger partial charge in [0, 0.05) is 6.42 Å². The summed E-state index contributed by atoms with van der Waals surface area (Å²) < 4.78 is 1.04. The van der Waals surface area contributed by atoms with Crippen LogP contribution in [0, 0.1) is 0 Å². The number of halogens is 2. The first-order valence-corrected chi connectivity index (χ1v) is 4.47. The second-order valence-electron chi connectivity index (χ2n) is 2.55. The second-order valence-corrected chi connectivity index (χ2v) is 3.34. The number of rotatable bonds is 3. The molecule has 5 nitrogen and oxygen atoms in total. The lowest BCUT2D eigenvalue weighted by Crippen LogP contribution is -2.25. The van der Waals surface area contributed by atoms with E-state index in [-0.39, 0.29) is 23.0 Å². The van der Waals surface area contributed by atoms with E-state index in [4.69, 9.17) is 28.9 Å². The quantitative estimate of drug-likeness (QED) is 0.826. The van der Waals surface area contributed by atoms with Crippen LogP contribution >= 0.6 is 23.2 Å². The first-order chi connectivity index (χ1) is 6.52. The molecule has 0 atom stereocenters. The van der Waals surface area contributed by atoms with E-state index >= 15 is 0 Å². The van der Waals surface area contributed by atoms with Crippen LogP contribution < -0.4 is 11.3 Å². The molecule has 0 aliphatic heterocycles. The fourth-order valence-electron chi connectivity index (χ4n) is 0.820. The van der Waals surface area contributed by atoms with Crippen molar-refractivity contribution in [2.75, 3.05) is 0 Å². The summed E-state index contributed by atoms with van der Waals surface area (Å²) in [5.74, 6) is -0.509. The number of aryl methyl sites for hydroxylation is 1. The summed E-state index contributed by atoms with van der Waals surface area (Å²) in [4.78, 5) is 21.8. The van der Waals surface area contributed by atoms with Gasteiger partial charge in [-0.2, -0.15) is 5.10 Å². The largest absolute Gasteiger partial charge is 0.370 e. The Morgan fingerprint density at radius 1 is 1.57 bits per heavy atom. The van der Waals surface area contributed by atoms with Gasteiger partial charge in [-0.3, -0.25) is 9.59 Å². The van der Waals surface area contributed by atoms with Gasteiger partial charge in [-0.25, -0.2) is 4.68 Å². The molecule has 0 bridgehead atoms. The zero-order valence-electron chi connectivity index (χ0n) is 7.04. The van der Waals surface area contributed by atoms with Gasteiger partial charge < -0.3 is 5.73 Å². The van der Waals surface area contributed by atoms with E-state index in [0.29, 0.717) is 0 Å². The molecule has 0 unspecified atom stereocenters. The van der Waals surface area contributed by atoms with E-state index in [1.807, 2.05) is 0 Å². The molecule has 1 aromatic heterocycles. The fourth-order valence-corrected chi connectivity index (χ4v) is 1.09. The zero-order valence-corrected chi connectivity index (χ0v) is 8.55. The fraction of sp³-hybridized carbons (Fsp3) is 0.286. The number of carbonyl (C=O) groups excluding carboxylic acids is 1. The van der Waals surface area contributed by atoms with Crippen molar-refractivity contribution in [1.29, 1.82) is 0 Å². The number of hydrogen-bond acceptors (Lipinski definition) is 3. The number of amides is 1. The average molecular weight is 236 g/mol. The number of hydrogen-bond donors (Lipinski definition) is 1. The number of nitrogens with zero attached hydrogens (tertiary/aromatic N) is 2. The first-order valence-electron chi connectivity index (χ1n) is 3.72. The van der Waals surface area contributed by atoms with Gasteiger partial charge >= 0.3 is 0 Å². The Morgan fingerprint density at radius 2 is 2.21 bits per heavy atom. The van der Waals surface area contributed by atoms with Gasteiger partial charge in [-0.05, 0) is 0 Å². The lowest BCUT2D eigenvalue weighted by Gasteiger charge is -2.02. The summed E-state index contributed by atoms with van der Waals surface area (Å²) in [5.41, 5.74) is 4.39. The van der Waals surface area contributed by atoms with Crippen LogP contribution in [-0.4, -0.2) is 15.7 Å². The van der Waals surface area contributed by atoms with Gasteiger partial charge in [0.15, 0.2) is 0 Å². The second kappa shape index (κ2) is 4.43. The van der Waals surface area contributed by atoms with Gasteiger partial charge in [-0.15, -0.1) is 0 Å². The Balaban J connectivity index is 2.95. The molecule has 1 aromatic rings. The molecule has 1 amide bonds. The van der Waals surface area contributed by atoms with Gasteiger partial charge in [0.05, 0.1) is 17.8 Å². The summed E-state index contributed by atoms with van der Waals surface area (Å²) in [6, 6.07) is 0. The van der Waals surface area contributed by atoms with Crippen molar-refractivity contribution in [2.45, 2.75) is 13.0 Å². The summed E-state index contributed by atoms with van der Waals surface area (Å²) >= 11 is 11.1. The standard InChI is InChI=1S/C7H7Cl2N3O2/c8-4-3-11-12(2-1-5(10)13)7(14)6(4)9/h3H,1-2H2,(H2,10,13). The van der Waals surface area contributed by atoms with Crippen molar-refractivity contribution in [1.82, 2.24) is 9.78 Å². The van der Waals surface area contributed by atoms with Crippen LogP contribution in [0.5, 0.6) is 0 Å². The Kier molecular flexibility index (Phi) is 3.49. The number of nitrogens with two attached hydrogens (primary N) is 1. The minimum Gasteiger partial charge on any atom is -0.370 e. The smallest absolute Gasteiger partial charge is 0.287 e. The van der Waals surface area contributed by atoms with E-state index in [1.165, 1.54) is 6.20 Å². The van der Waals surface area contributed by atoms with Crippen molar-refractivity contribution >= 4 is 29.1 Å². The number of carbonyl (C=O) groups is 1. The van der Waals surface area contributed by atoms with Crippen molar-refractivity contribution in [3.05, 3.63) is 26.6 Å². The van der Waals surface area contributed by atoms with Gasteiger partial charge in [0.25, 0.3) is 5.56 Å². The lowest BCUT2D eigenvalue weighted by molar-refractivity contribution is -0.118. The Morgan fingerprint density at radius 3 is 2.79 bits per heavy atom. The van der Waals surface area contributed by atoms with Gasteiger partial charge in [-0.1, -0.05) is 23.2 Å². The molecular weight excluding hydrogens is 229 g/mol. The third kappa shape index (κ3) is 2.46. The zero-order chi connectivity index (χ0) is 10.7. The predicted octanol–water partition coefficient (Wildman–Crippen LogP) is 0.425. The Bertz CT molecular complexity index is 416. The monoisotopic (exact) mass is 235 g/mol. The van der Waals surface area contributed by atoms with Crippen LogP contribution in [0.1, 0.15) is 6.42 Å². The highest BCUT2D eigenvalue weighted by Crippen LogP contribution is 2.14. The molecule has 0 fully saturated rings. The van der Waals surface area contributed by atoms with Crippen LogP contribution in [0.2, 0.25) is 10.0 Å². The van der Waals surface area contributed by atoms with E-state index in [1.54, 1.807) is 0 Å². The molecule has 0 radical (unpaired) electrons. The maximum absolute atomic E-state index is 11.3. The highest BCUT2D eigenvalue weighted by atomic mass is 35.5. The van der Waals surface area contributed by atoms with Crippen LogP contribution in [0.25, 0.3) is 0 Å². The molecule has 2 N–H and O–H groups in total. The molecule has 1 rings (SSSR count). The topological polar surface area (TPSA) is 78.0 Å². The first kappa shape index (κ1) is 11.0. The van der Waals surface area contributed by atoms with Crippen molar-refractivity contribution in [3.8, 4) is 0 Å². The van der Waals surface area contributed by atoms with Crippen LogP contribution in [0.4, 0.5) is 0 Å². The van der Waals surface area contributed by atoms with E-state index < -0.39 is 11.5 Å². The van der Waals surface area contributed by atoms with E-state index in [9.17, 15) is 9.59 Å². The predicted molar refractivity (Wildman–Crippen MR) is 52.3 cm³/mol. The average Bonchev–Trinajstić information content (AvgIpc) is 2.13. The van der Waals surface area contributed by atoms with Gasteiger partial charge in [0.2, 0.25) is 5.91 Å². The molecule has 7 heteroatoms. The molecule has 0 saturated heterocycles. The van der Waals surface area contributed by atoms with Crippen molar-refractivity contribution in [3.63, 3.8) is 0 Å². The van der Waals surface area contributed by atoms with E-state index in [2.05, 4.69) is 5.10 Å². The van der Waals surface area contributed by atoms with Crippen molar-refractivity contribution < 1.29 is 4.79 Å². The molecule has 0 aromatic carbocycles.